The lowest BCUT2D eigenvalue weighted by Crippen LogP contribution is -2.28. The van der Waals surface area contributed by atoms with Crippen LogP contribution in [0.1, 0.15) is 6.42 Å². The number of fused-ring (bicyclic) bond motifs is 1. The van der Waals surface area contributed by atoms with Crippen molar-refractivity contribution in [3.63, 3.8) is 0 Å². The maximum Gasteiger partial charge on any atom is 0.229 e. The Morgan fingerprint density at radius 1 is 1.12 bits per heavy atom. The van der Waals surface area contributed by atoms with E-state index in [2.05, 4.69) is 27.9 Å². The van der Waals surface area contributed by atoms with E-state index in [9.17, 15) is 9.59 Å². The molecule has 0 radical (unpaired) electrons. The van der Waals surface area contributed by atoms with Crippen LogP contribution in [-0.4, -0.2) is 31.6 Å². The van der Waals surface area contributed by atoms with Gasteiger partial charge in [-0.25, -0.2) is 0 Å². The predicted molar refractivity (Wildman–Crippen MR) is 106 cm³/mol. The Morgan fingerprint density at radius 3 is 2.73 bits per heavy atom. The van der Waals surface area contributed by atoms with Crippen LogP contribution in [0.3, 0.4) is 0 Å². The minimum absolute atomic E-state index is 0.0653. The molecule has 1 saturated heterocycles. The van der Waals surface area contributed by atoms with Gasteiger partial charge >= 0.3 is 0 Å². The maximum atomic E-state index is 12.5. The van der Waals surface area contributed by atoms with Gasteiger partial charge in [0, 0.05) is 34.0 Å². The number of anilines is 2. The second kappa shape index (κ2) is 7.14. The molecule has 1 N–H and O–H groups in total. The first kappa shape index (κ1) is 17.1. The predicted octanol–water partition coefficient (Wildman–Crippen LogP) is 3.05. The molecule has 2 aliphatic heterocycles. The molecule has 1 fully saturated rings. The van der Waals surface area contributed by atoms with Gasteiger partial charge in [-0.3, -0.25) is 9.59 Å². The first-order valence-corrected chi connectivity index (χ1v) is 9.44. The molecule has 26 heavy (non-hydrogen) atoms. The number of amides is 2. The zero-order chi connectivity index (χ0) is 18.1. The number of carbonyl (C=O) groups excluding carboxylic acids is 2. The number of rotatable bonds is 3. The highest BCUT2D eigenvalue weighted by Gasteiger charge is 2.35. The standard InChI is InChI=1S/C19H17IN2O4/c20-13-2-1-3-14(9-13)21-19(24)12-8-18(23)22(11-12)15-4-5-16-17(10-15)26-7-6-25-16/h1-5,9-10,12H,6-8,11H2,(H,21,24). The van der Waals surface area contributed by atoms with Crippen molar-refractivity contribution in [2.24, 2.45) is 5.92 Å². The van der Waals surface area contributed by atoms with E-state index in [0.29, 0.717) is 31.3 Å². The molecule has 1 atom stereocenters. The molecule has 2 amide bonds. The lowest BCUT2D eigenvalue weighted by atomic mass is 10.1. The topological polar surface area (TPSA) is 67.9 Å². The number of nitrogens with one attached hydrogen (secondary N) is 1. The summed E-state index contributed by atoms with van der Waals surface area (Å²) in [5.74, 6) is 0.728. The zero-order valence-electron chi connectivity index (χ0n) is 13.9. The zero-order valence-corrected chi connectivity index (χ0v) is 16.1. The van der Waals surface area contributed by atoms with Crippen molar-refractivity contribution in [3.05, 3.63) is 46.0 Å². The quantitative estimate of drug-likeness (QED) is 0.710. The van der Waals surface area contributed by atoms with Crippen LogP contribution in [0.4, 0.5) is 11.4 Å². The minimum Gasteiger partial charge on any atom is -0.486 e. The van der Waals surface area contributed by atoms with Crippen LogP contribution < -0.4 is 19.7 Å². The van der Waals surface area contributed by atoms with Gasteiger partial charge in [0.05, 0.1) is 5.92 Å². The average molecular weight is 464 g/mol. The molecule has 0 aliphatic carbocycles. The van der Waals surface area contributed by atoms with Gasteiger partial charge in [0.25, 0.3) is 0 Å². The molecule has 2 aliphatic rings. The summed E-state index contributed by atoms with van der Waals surface area (Å²) in [6.45, 7) is 1.37. The van der Waals surface area contributed by atoms with Crippen molar-refractivity contribution >= 4 is 45.8 Å². The van der Waals surface area contributed by atoms with Crippen LogP contribution in [0.25, 0.3) is 0 Å². The highest BCUT2D eigenvalue weighted by atomic mass is 127. The monoisotopic (exact) mass is 464 g/mol. The van der Waals surface area contributed by atoms with Gasteiger partial charge < -0.3 is 19.7 Å². The number of hydrogen-bond acceptors (Lipinski definition) is 4. The summed E-state index contributed by atoms with van der Waals surface area (Å²) in [7, 11) is 0. The Balaban J connectivity index is 1.47. The maximum absolute atomic E-state index is 12.5. The fraction of sp³-hybridized carbons (Fsp3) is 0.263. The first-order chi connectivity index (χ1) is 12.6. The van der Waals surface area contributed by atoms with Gasteiger partial charge in [-0.1, -0.05) is 6.07 Å². The molecule has 7 heteroatoms. The third-order valence-electron chi connectivity index (χ3n) is 4.43. The van der Waals surface area contributed by atoms with E-state index in [-0.39, 0.29) is 24.2 Å². The van der Waals surface area contributed by atoms with E-state index in [4.69, 9.17) is 9.47 Å². The average Bonchev–Trinajstić information content (AvgIpc) is 3.03. The summed E-state index contributed by atoms with van der Waals surface area (Å²) in [5, 5.41) is 2.90. The van der Waals surface area contributed by atoms with Crippen molar-refractivity contribution in [1.82, 2.24) is 0 Å². The van der Waals surface area contributed by atoms with Gasteiger partial charge in [0.15, 0.2) is 11.5 Å². The molecule has 0 aromatic heterocycles. The van der Waals surface area contributed by atoms with Crippen LogP contribution in [0.2, 0.25) is 0 Å². The second-order valence-electron chi connectivity index (χ2n) is 6.23. The van der Waals surface area contributed by atoms with Crippen LogP contribution in [0, 0.1) is 9.49 Å². The Bertz CT molecular complexity index is 870. The molecule has 0 saturated carbocycles. The summed E-state index contributed by atoms with van der Waals surface area (Å²) in [4.78, 5) is 26.6. The Hall–Kier alpha value is -2.29. The van der Waals surface area contributed by atoms with Crippen LogP contribution in [0.5, 0.6) is 11.5 Å². The fourth-order valence-corrected chi connectivity index (χ4v) is 3.69. The smallest absolute Gasteiger partial charge is 0.229 e. The number of hydrogen-bond donors (Lipinski definition) is 1. The summed E-state index contributed by atoms with van der Waals surface area (Å²) in [6.07, 6.45) is 0.199. The van der Waals surface area contributed by atoms with Gasteiger partial charge in [-0.15, -0.1) is 0 Å². The van der Waals surface area contributed by atoms with Crippen molar-refractivity contribution in [1.29, 1.82) is 0 Å². The van der Waals surface area contributed by atoms with Crippen LogP contribution >= 0.6 is 22.6 Å². The SMILES string of the molecule is O=C(Nc1cccc(I)c1)C1CC(=O)N(c2ccc3c(c2)OCCO3)C1. The summed E-state index contributed by atoms with van der Waals surface area (Å²) < 4.78 is 12.1. The first-order valence-electron chi connectivity index (χ1n) is 8.36. The lowest BCUT2D eigenvalue weighted by Gasteiger charge is -2.22. The van der Waals surface area contributed by atoms with Crippen molar-refractivity contribution in [2.75, 3.05) is 30.0 Å². The van der Waals surface area contributed by atoms with E-state index in [1.165, 1.54) is 0 Å². The number of nitrogens with zero attached hydrogens (tertiary/aromatic N) is 1. The van der Waals surface area contributed by atoms with Gasteiger partial charge in [-0.05, 0) is 52.9 Å². The third-order valence-corrected chi connectivity index (χ3v) is 5.10. The molecule has 6 nitrogen and oxygen atoms in total. The van der Waals surface area contributed by atoms with Crippen molar-refractivity contribution in [2.45, 2.75) is 6.42 Å². The van der Waals surface area contributed by atoms with Crippen LogP contribution in [-0.2, 0) is 9.59 Å². The van der Waals surface area contributed by atoms with E-state index < -0.39 is 0 Å². The molecule has 1 unspecified atom stereocenters. The molecule has 0 spiro atoms. The molecule has 2 heterocycles. The van der Waals surface area contributed by atoms with Crippen molar-refractivity contribution < 1.29 is 19.1 Å². The Labute approximate surface area is 164 Å². The summed E-state index contributed by atoms with van der Waals surface area (Å²) in [5.41, 5.74) is 1.47. The minimum atomic E-state index is -0.381. The van der Waals surface area contributed by atoms with E-state index in [0.717, 1.165) is 14.9 Å². The molecule has 4 rings (SSSR count). The van der Waals surface area contributed by atoms with Gasteiger partial charge in [0.1, 0.15) is 13.2 Å². The second-order valence-corrected chi connectivity index (χ2v) is 7.48. The number of carbonyl (C=O) groups is 2. The highest BCUT2D eigenvalue weighted by molar-refractivity contribution is 14.1. The molecular formula is C19H17IN2O4. The van der Waals surface area contributed by atoms with E-state index in [1.54, 1.807) is 17.0 Å². The van der Waals surface area contributed by atoms with Gasteiger partial charge in [0.2, 0.25) is 11.8 Å². The largest absolute Gasteiger partial charge is 0.486 e. The number of halogens is 1. The lowest BCUT2D eigenvalue weighted by molar-refractivity contribution is -0.122. The van der Waals surface area contributed by atoms with Crippen molar-refractivity contribution in [3.8, 4) is 11.5 Å². The van der Waals surface area contributed by atoms with Crippen LogP contribution in [0.15, 0.2) is 42.5 Å². The van der Waals surface area contributed by atoms with E-state index >= 15 is 0 Å². The fourth-order valence-electron chi connectivity index (χ4n) is 3.14. The Morgan fingerprint density at radius 2 is 1.92 bits per heavy atom. The molecule has 2 aromatic carbocycles. The number of benzene rings is 2. The third kappa shape index (κ3) is 3.48. The van der Waals surface area contributed by atoms with E-state index in [1.807, 2.05) is 30.3 Å². The highest BCUT2D eigenvalue weighted by Crippen LogP contribution is 2.36. The molecule has 0 bridgehead atoms. The molecular weight excluding hydrogens is 447 g/mol. The number of ether oxygens (including phenoxy) is 2. The summed E-state index contributed by atoms with van der Waals surface area (Å²) in [6, 6.07) is 13.0. The normalized spacial score (nSPS) is 18.7. The molecule has 134 valence electrons. The Kier molecular flexibility index (Phi) is 4.71. The van der Waals surface area contributed by atoms with Gasteiger partial charge in [-0.2, -0.15) is 0 Å². The summed E-state index contributed by atoms with van der Waals surface area (Å²) >= 11 is 2.20. The molecule has 2 aromatic rings.